The molecule has 0 saturated heterocycles. The summed E-state index contributed by atoms with van der Waals surface area (Å²) in [5.74, 6) is 1.07. The molecule has 0 spiro atoms. The normalized spacial score (nSPS) is 13.0. The second kappa shape index (κ2) is 10.1. The van der Waals surface area contributed by atoms with Crippen LogP contribution in [0.1, 0.15) is 5.56 Å². The predicted octanol–water partition coefficient (Wildman–Crippen LogP) is 3.46. The molecule has 176 valence electrons. The van der Waals surface area contributed by atoms with E-state index in [1.54, 1.807) is 23.1 Å². The summed E-state index contributed by atoms with van der Waals surface area (Å²) in [7, 11) is 0.401. The maximum Gasteiger partial charge on any atom is 0.252 e. The van der Waals surface area contributed by atoms with Crippen molar-refractivity contribution in [3.63, 3.8) is 0 Å². The summed E-state index contributed by atoms with van der Waals surface area (Å²) in [6, 6.07) is 10.5. The van der Waals surface area contributed by atoms with Crippen LogP contribution in [-0.2, 0) is 14.6 Å². The number of amides is 1. The van der Waals surface area contributed by atoms with Gasteiger partial charge in [0.15, 0.2) is 26.5 Å². The van der Waals surface area contributed by atoms with Gasteiger partial charge in [0.05, 0.1) is 9.60 Å². The van der Waals surface area contributed by atoms with E-state index in [2.05, 4.69) is 4.98 Å². The maximum atomic E-state index is 13.1. The van der Waals surface area contributed by atoms with Crippen molar-refractivity contribution in [2.75, 3.05) is 45.1 Å². The van der Waals surface area contributed by atoms with Crippen LogP contribution in [0.2, 0.25) is 0 Å². The molecule has 0 radical (unpaired) electrons. The highest BCUT2D eigenvalue weighted by molar-refractivity contribution is 7.91. The van der Waals surface area contributed by atoms with Gasteiger partial charge >= 0.3 is 0 Å². The number of anilines is 1. The Morgan fingerprint density at radius 2 is 1.91 bits per heavy atom. The average Bonchev–Trinajstić information content (AvgIpc) is 3.37. The molecule has 0 aliphatic carbocycles. The van der Waals surface area contributed by atoms with Crippen LogP contribution >= 0.6 is 23.7 Å². The van der Waals surface area contributed by atoms with Crippen LogP contribution in [0.25, 0.3) is 16.3 Å². The van der Waals surface area contributed by atoms with E-state index in [-0.39, 0.29) is 30.0 Å². The van der Waals surface area contributed by atoms with Gasteiger partial charge in [0.1, 0.15) is 5.52 Å². The van der Waals surface area contributed by atoms with Gasteiger partial charge in [-0.05, 0) is 50.0 Å². The van der Waals surface area contributed by atoms with E-state index in [1.807, 2.05) is 37.2 Å². The molecule has 0 N–H and O–H groups in total. The van der Waals surface area contributed by atoms with Gasteiger partial charge in [0, 0.05) is 25.4 Å². The van der Waals surface area contributed by atoms with Crippen molar-refractivity contribution < 1.29 is 22.7 Å². The SMILES string of the molecule is CN(C)CCN(C(=O)C=Cc1ccc2c(c1)OCO2)c1nc2c(S(C)(=O)=O)cccc2s1.Cl. The van der Waals surface area contributed by atoms with Crippen LogP contribution in [0.5, 0.6) is 11.5 Å². The first-order valence-electron chi connectivity index (χ1n) is 9.86. The van der Waals surface area contributed by atoms with Crippen molar-refractivity contribution in [1.29, 1.82) is 0 Å². The molecular formula is C22H24ClN3O5S2. The number of nitrogens with zero attached hydrogens (tertiary/aromatic N) is 3. The molecule has 2 aromatic carbocycles. The number of rotatable bonds is 7. The summed E-state index contributed by atoms with van der Waals surface area (Å²) in [5, 5.41) is 0.457. The number of thiazole rings is 1. The molecule has 3 aromatic rings. The Balaban J connectivity index is 0.00000306. The topological polar surface area (TPSA) is 89.0 Å². The number of carbonyl (C=O) groups is 1. The molecule has 11 heteroatoms. The third-order valence-corrected chi connectivity index (χ3v) is 7.02. The van der Waals surface area contributed by atoms with Crippen LogP contribution in [0, 0.1) is 0 Å². The van der Waals surface area contributed by atoms with Crippen LogP contribution in [0.15, 0.2) is 47.4 Å². The van der Waals surface area contributed by atoms with E-state index >= 15 is 0 Å². The fourth-order valence-electron chi connectivity index (χ4n) is 3.20. The number of para-hydroxylation sites is 1. The number of benzene rings is 2. The summed E-state index contributed by atoms with van der Waals surface area (Å²) >= 11 is 1.29. The smallest absolute Gasteiger partial charge is 0.252 e. The number of fused-ring (bicyclic) bond motifs is 2. The Kier molecular flexibility index (Phi) is 7.63. The molecule has 2 heterocycles. The van der Waals surface area contributed by atoms with E-state index in [0.29, 0.717) is 39.9 Å². The lowest BCUT2D eigenvalue weighted by Crippen LogP contribution is -2.35. The van der Waals surface area contributed by atoms with Gasteiger partial charge in [-0.3, -0.25) is 9.69 Å². The van der Waals surface area contributed by atoms with Crippen LogP contribution in [0.3, 0.4) is 0 Å². The lowest BCUT2D eigenvalue weighted by Gasteiger charge is -2.20. The molecule has 8 nitrogen and oxygen atoms in total. The zero-order valence-corrected chi connectivity index (χ0v) is 20.8. The summed E-state index contributed by atoms with van der Waals surface area (Å²) in [6.07, 6.45) is 4.35. The Bertz CT molecular complexity index is 1300. The number of carbonyl (C=O) groups excluding carboxylic acids is 1. The minimum atomic E-state index is -3.44. The lowest BCUT2D eigenvalue weighted by atomic mass is 10.2. The van der Waals surface area contributed by atoms with Crippen LogP contribution in [0.4, 0.5) is 5.13 Å². The molecule has 33 heavy (non-hydrogen) atoms. The molecule has 0 atom stereocenters. The highest BCUT2D eigenvalue weighted by atomic mass is 35.5. The fraction of sp³-hybridized carbons (Fsp3) is 0.273. The molecule has 0 saturated carbocycles. The van der Waals surface area contributed by atoms with E-state index in [9.17, 15) is 13.2 Å². The Labute approximate surface area is 202 Å². The van der Waals surface area contributed by atoms with Crippen molar-refractivity contribution >= 4 is 60.9 Å². The van der Waals surface area contributed by atoms with Crippen molar-refractivity contribution in [3.05, 3.63) is 48.0 Å². The third kappa shape index (κ3) is 5.64. The Morgan fingerprint density at radius 3 is 2.64 bits per heavy atom. The number of halogens is 1. The highest BCUT2D eigenvalue weighted by Gasteiger charge is 2.21. The van der Waals surface area contributed by atoms with Gasteiger partial charge in [-0.25, -0.2) is 13.4 Å². The molecule has 0 unspecified atom stereocenters. The number of ether oxygens (including phenoxy) is 2. The number of likely N-dealkylation sites (N-methyl/N-ethyl adjacent to an activating group) is 1. The summed E-state index contributed by atoms with van der Waals surface area (Å²) in [6.45, 7) is 1.22. The first-order valence-corrected chi connectivity index (χ1v) is 12.6. The minimum Gasteiger partial charge on any atom is -0.454 e. The molecule has 0 bridgehead atoms. The standard InChI is InChI=1S/C22H23N3O5S2.ClH/c1-24(2)11-12-25(20(26)10-8-15-7-9-16-17(13-15)30-14-29-16)22-23-21-18(31-22)5-4-6-19(21)32(3,27)28;/h4-10,13H,11-12,14H2,1-3H3;1H. The maximum absolute atomic E-state index is 13.1. The molecule has 4 rings (SSSR count). The van der Waals surface area contributed by atoms with Crippen molar-refractivity contribution in [2.24, 2.45) is 0 Å². The number of sulfone groups is 1. The van der Waals surface area contributed by atoms with Crippen LogP contribution in [-0.4, -0.2) is 64.4 Å². The molecular weight excluding hydrogens is 486 g/mol. The van der Waals surface area contributed by atoms with Crippen molar-refractivity contribution in [3.8, 4) is 11.5 Å². The number of hydrogen-bond donors (Lipinski definition) is 0. The summed E-state index contributed by atoms with van der Waals surface area (Å²) in [4.78, 5) is 21.4. The second-order valence-corrected chi connectivity index (χ2v) is 10.6. The van der Waals surface area contributed by atoms with Gasteiger partial charge in [-0.1, -0.05) is 23.5 Å². The van der Waals surface area contributed by atoms with Crippen molar-refractivity contribution in [2.45, 2.75) is 4.90 Å². The molecule has 1 aliphatic rings. The van der Waals surface area contributed by atoms with E-state index in [1.165, 1.54) is 23.5 Å². The van der Waals surface area contributed by atoms with E-state index < -0.39 is 9.84 Å². The monoisotopic (exact) mass is 509 g/mol. The average molecular weight is 510 g/mol. The number of aromatic nitrogens is 1. The van der Waals surface area contributed by atoms with Gasteiger partial charge in [0.25, 0.3) is 5.91 Å². The van der Waals surface area contributed by atoms with Gasteiger partial charge in [-0.15, -0.1) is 12.4 Å². The van der Waals surface area contributed by atoms with Gasteiger partial charge in [0.2, 0.25) is 6.79 Å². The van der Waals surface area contributed by atoms with Gasteiger partial charge < -0.3 is 14.4 Å². The largest absolute Gasteiger partial charge is 0.454 e. The summed E-state index contributed by atoms with van der Waals surface area (Å²) < 4.78 is 35.7. The predicted molar refractivity (Wildman–Crippen MR) is 132 cm³/mol. The first kappa shape index (κ1) is 25.0. The van der Waals surface area contributed by atoms with E-state index in [0.717, 1.165) is 11.8 Å². The summed E-state index contributed by atoms with van der Waals surface area (Å²) in [5.41, 5.74) is 1.19. The Hall–Kier alpha value is -2.66. The van der Waals surface area contributed by atoms with E-state index in [4.69, 9.17) is 9.47 Å². The van der Waals surface area contributed by atoms with Crippen LogP contribution < -0.4 is 14.4 Å². The Morgan fingerprint density at radius 1 is 1.15 bits per heavy atom. The quantitative estimate of drug-likeness (QED) is 0.450. The molecule has 1 aromatic heterocycles. The third-order valence-electron chi connectivity index (χ3n) is 4.85. The number of hydrogen-bond acceptors (Lipinski definition) is 8. The van der Waals surface area contributed by atoms with Crippen molar-refractivity contribution in [1.82, 2.24) is 9.88 Å². The molecule has 1 amide bonds. The zero-order chi connectivity index (χ0) is 22.9. The molecule has 1 aliphatic heterocycles. The lowest BCUT2D eigenvalue weighted by molar-refractivity contribution is -0.114. The second-order valence-electron chi connectivity index (χ2n) is 7.61. The fourth-order valence-corrected chi connectivity index (χ4v) is 5.12. The zero-order valence-electron chi connectivity index (χ0n) is 18.3. The highest BCUT2D eigenvalue weighted by Crippen LogP contribution is 2.34. The molecule has 0 fully saturated rings. The first-order chi connectivity index (χ1) is 15.2. The van der Waals surface area contributed by atoms with Gasteiger partial charge in [-0.2, -0.15) is 0 Å². The minimum absolute atomic E-state index is 0.